The van der Waals surface area contributed by atoms with Gasteiger partial charge >= 0.3 is 17.9 Å². The monoisotopic (exact) mass is 807 g/mol. The highest BCUT2D eigenvalue weighted by Gasteiger charge is 2.68. The second-order valence-corrected chi connectivity index (χ2v) is 24.6. The van der Waals surface area contributed by atoms with Crippen molar-refractivity contribution >= 4 is 17.9 Å². The van der Waals surface area contributed by atoms with E-state index in [0.717, 1.165) is 56.8 Å². The van der Waals surface area contributed by atoms with Gasteiger partial charge in [0.05, 0.1) is 16.9 Å². The average Bonchev–Trinajstić information content (AvgIpc) is 3.56. The Kier molecular flexibility index (Phi) is 10.7. The summed E-state index contributed by atoms with van der Waals surface area (Å²) in [4.78, 5) is 38.1. The fraction of sp³-hybridized carbons (Fsp3) is 0.941. The smallest absolute Gasteiger partial charge is 0.314 e. The van der Waals surface area contributed by atoms with Crippen LogP contribution in [0.5, 0.6) is 0 Å². The van der Waals surface area contributed by atoms with Crippen LogP contribution in [0.1, 0.15) is 204 Å². The maximum atomic E-state index is 14.1. The molecule has 0 radical (unpaired) electrons. The molecular weight excluding hydrogens is 725 g/mol. The Morgan fingerprint density at radius 1 is 0.603 bits per heavy atom. The van der Waals surface area contributed by atoms with Gasteiger partial charge in [-0.05, 0) is 198 Å². The summed E-state index contributed by atoms with van der Waals surface area (Å²) in [6.07, 6.45) is 24.6. The van der Waals surface area contributed by atoms with Gasteiger partial charge in [-0.2, -0.15) is 0 Å². The lowest BCUT2D eigenvalue weighted by atomic mass is 9.40. The van der Waals surface area contributed by atoms with Gasteiger partial charge in [-0.15, -0.1) is 0 Å². The van der Waals surface area contributed by atoms with Crippen LogP contribution in [0, 0.1) is 78.8 Å². The standard InChI is InChI=1S/C31H50O5.C20H32O2/c1-8-22-19(2)20(3)25(34-21(4)32)26(35-22)36-27(33)30(7)13-9-12-29(6)23(30)11-15-31-17-16-28(5,18-31)14-10-24(29)31;1-17-9-5-15-18(2)7-4-8-19(3,16(21)22)14(18)6-10-20(15,13-17)12-11-17/h19-20,22-26H,8-18H2,1-7H3;14-15H,4-13H2,1-3H3,(H,21,22)/t19?,20?,22?,23?,24?,25?,26?,28-,29-,30-,31+;14?,15?,17-,18-,19-,20+/m11/s1. The topological polar surface area (TPSA) is 99.1 Å². The molecule has 17 atom stereocenters. The van der Waals surface area contributed by atoms with Crippen molar-refractivity contribution in [3.8, 4) is 0 Å². The van der Waals surface area contributed by atoms with Crippen LogP contribution in [0.25, 0.3) is 0 Å². The molecule has 7 nitrogen and oxygen atoms in total. The molecule has 8 aliphatic carbocycles. The molecule has 0 aromatic heterocycles. The van der Waals surface area contributed by atoms with Gasteiger partial charge in [-0.3, -0.25) is 14.4 Å². The zero-order chi connectivity index (χ0) is 41.9. The molecule has 0 aromatic rings. The van der Waals surface area contributed by atoms with Crippen molar-refractivity contribution in [1.82, 2.24) is 0 Å². The zero-order valence-corrected chi connectivity index (χ0v) is 38.4. The van der Waals surface area contributed by atoms with Crippen LogP contribution < -0.4 is 0 Å². The highest BCUT2D eigenvalue weighted by atomic mass is 16.7. The number of carbonyl (C=O) groups excluding carboxylic acids is 2. The number of hydrogen-bond acceptors (Lipinski definition) is 6. The first-order chi connectivity index (χ1) is 27.1. The van der Waals surface area contributed by atoms with E-state index in [2.05, 4.69) is 62.3 Å². The van der Waals surface area contributed by atoms with Crippen LogP contribution >= 0.6 is 0 Å². The van der Waals surface area contributed by atoms with Crippen molar-refractivity contribution in [2.75, 3.05) is 0 Å². The molecule has 1 aliphatic heterocycles. The van der Waals surface area contributed by atoms with Gasteiger partial charge in [-0.25, -0.2) is 0 Å². The summed E-state index contributed by atoms with van der Waals surface area (Å²) in [5.41, 5.74) is 1.67. The predicted octanol–water partition coefficient (Wildman–Crippen LogP) is 12.3. The molecule has 9 rings (SSSR count). The van der Waals surface area contributed by atoms with E-state index < -0.39 is 29.2 Å². The molecule has 1 N–H and O–H groups in total. The van der Waals surface area contributed by atoms with Crippen molar-refractivity contribution in [1.29, 1.82) is 0 Å². The Bertz CT molecular complexity index is 1630. The van der Waals surface area contributed by atoms with E-state index in [1.165, 1.54) is 96.8 Å². The Labute approximate surface area is 352 Å². The van der Waals surface area contributed by atoms with E-state index in [-0.39, 0.29) is 40.7 Å². The van der Waals surface area contributed by atoms with Crippen LogP contribution in [0.3, 0.4) is 0 Å². The maximum Gasteiger partial charge on any atom is 0.314 e. The minimum Gasteiger partial charge on any atom is -0.481 e. The molecule has 9 unspecified atom stereocenters. The lowest BCUT2D eigenvalue weighted by Crippen LogP contribution is -2.60. The third kappa shape index (κ3) is 6.50. The third-order valence-corrected chi connectivity index (χ3v) is 21.4. The van der Waals surface area contributed by atoms with Crippen LogP contribution in [0.4, 0.5) is 0 Å². The lowest BCUT2D eigenvalue weighted by molar-refractivity contribution is -0.275. The Balaban J connectivity index is 0.000000181. The van der Waals surface area contributed by atoms with Gasteiger partial charge in [0.2, 0.25) is 6.29 Å². The number of rotatable bonds is 5. The van der Waals surface area contributed by atoms with Crippen LogP contribution in [0.15, 0.2) is 0 Å². The van der Waals surface area contributed by atoms with E-state index >= 15 is 0 Å². The van der Waals surface area contributed by atoms with E-state index in [1.54, 1.807) is 0 Å². The van der Waals surface area contributed by atoms with Crippen LogP contribution in [-0.4, -0.2) is 41.5 Å². The van der Waals surface area contributed by atoms with Gasteiger partial charge in [-0.1, -0.05) is 61.3 Å². The molecule has 9 fully saturated rings. The fourth-order valence-electron chi connectivity index (χ4n) is 18.3. The largest absolute Gasteiger partial charge is 0.481 e. The van der Waals surface area contributed by atoms with Crippen LogP contribution in [-0.2, 0) is 28.6 Å². The Hall–Kier alpha value is -1.63. The van der Waals surface area contributed by atoms with Gasteiger partial charge in [0.15, 0.2) is 6.10 Å². The molecule has 0 aromatic carbocycles. The lowest BCUT2D eigenvalue weighted by Gasteiger charge is -2.64. The first-order valence-electron chi connectivity index (χ1n) is 24.4. The summed E-state index contributed by atoms with van der Waals surface area (Å²) >= 11 is 0. The summed E-state index contributed by atoms with van der Waals surface area (Å²) in [6.45, 7) is 22.0. The zero-order valence-electron chi connectivity index (χ0n) is 38.4. The number of fused-ring (bicyclic) bond motifs is 6. The van der Waals surface area contributed by atoms with Crippen molar-refractivity contribution in [3.05, 3.63) is 0 Å². The van der Waals surface area contributed by atoms with E-state index in [9.17, 15) is 19.5 Å². The third-order valence-electron chi connectivity index (χ3n) is 21.4. The molecule has 1 heterocycles. The highest BCUT2D eigenvalue weighted by Crippen LogP contribution is 2.75. The van der Waals surface area contributed by atoms with Gasteiger partial charge in [0, 0.05) is 12.8 Å². The predicted molar refractivity (Wildman–Crippen MR) is 226 cm³/mol. The van der Waals surface area contributed by atoms with Gasteiger partial charge < -0.3 is 19.3 Å². The van der Waals surface area contributed by atoms with Crippen LogP contribution in [0.2, 0.25) is 0 Å². The number of ether oxygens (including phenoxy) is 3. The first kappa shape index (κ1) is 43.0. The molecule has 58 heavy (non-hydrogen) atoms. The molecule has 7 heteroatoms. The molecule has 1 saturated heterocycles. The second-order valence-electron chi connectivity index (χ2n) is 24.6. The number of aliphatic carboxylic acids is 1. The number of esters is 2. The molecular formula is C51H82O7. The Morgan fingerprint density at radius 3 is 1.57 bits per heavy atom. The molecule has 2 spiro atoms. The molecule has 0 amide bonds. The number of hydrogen-bond donors (Lipinski definition) is 1. The van der Waals surface area contributed by atoms with Crippen molar-refractivity contribution in [2.24, 2.45) is 78.8 Å². The Morgan fingerprint density at radius 2 is 1.09 bits per heavy atom. The minimum absolute atomic E-state index is 0.0116. The minimum atomic E-state index is -0.831. The fourth-order valence-corrected chi connectivity index (χ4v) is 18.3. The average molecular weight is 807 g/mol. The van der Waals surface area contributed by atoms with Gasteiger partial charge in [0.25, 0.3) is 0 Å². The summed E-state index contributed by atoms with van der Waals surface area (Å²) in [5.74, 6) is 1.49. The summed E-state index contributed by atoms with van der Waals surface area (Å²) in [6, 6.07) is 0. The summed E-state index contributed by atoms with van der Waals surface area (Å²) in [7, 11) is 0. The van der Waals surface area contributed by atoms with E-state index in [1.807, 2.05) is 0 Å². The number of carboxylic acids is 1. The van der Waals surface area contributed by atoms with Crippen molar-refractivity contribution < 1.29 is 33.7 Å². The number of carboxylic acid groups (broad SMARTS) is 1. The second kappa shape index (κ2) is 14.5. The SMILES string of the molecule is CCC1OC(OC(=O)[C@]2(C)CCC[C@@]3(C)C4CC[C@]5(C)CC[C@@]4(CCC32)C5)C(OC(C)=O)C(C)C1C.C[C@@]12CCC3[C@@](CCC4[C@@]3(C)CCC[C@@]4(C)C(=O)O)(CC1)C2. The molecule has 9 aliphatic rings. The van der Waals surface area contributed by atoms with E-state index in [4.69, 9.17) is 14.2 Å². The quantitative estimate of drug-likeness (QED) is 0.276. The molecule has 328 valence electrons. The van der Waals surface area contributed by atoms with Crippen molar-refractivity contribution in [3.63, 3.8) is 0 Å². The highest BCUT2D eigenvalue weighted by molar-refractivity contribution is 5.77. The summed E-state index contributed by atoms with van der Waals surface area (Å²) in [5, 5.41) is 9.92. The normalized spacial score (nSPS) is 54.0. The van der Waals surface area contributed by atoms with Crippen molar-refractivity contribution in [2.45, 2.75) is 223 Å². The first-order valence-corrected chi connectivity index (χ1v) is 24.4. The summed E-state index contributed by atoms with van der Waals surface area (Å²) < 4.78 is 18.3. The number of carbonyl (C=O) groups is 3. The molecule has 4 bridgehead atoms. The van der Waals surface area contributed by atoms with E-state index in [0.29, 0.717) is 33.5 Å². The maximum absolute atomic E-state index is 14.1. The van der Waals surface area contributed by atoms with Gasteiger partial charge in [0.1, 0.15) is 0 Å². The molecule has 8 saturated carbocycles.